The molecule has 1 aromatic rings. The Labute approximate surface area is 100.0 Å². The van der Waals surface area contributed by atoms with Crippen molar-refractivity contribution in [3.63, 3.8) is 0 Å². The van der Waals surface area contributed by atoms with Crippen molar-refractivity contribution >= 4 is 5.91 Å². The van der Waals surface area contributed by atoms with Crippen LogP contribution in [0.3, 0.4) is 0 Å². The second-order valence-corrected chi connectivity index (χ2v) is 3.65. The van der Waals surface area contributed by atoms with Crippen molar-refractivity contribution in [2.45, 2.75) is 19.4 Å². The van der Waals surface area contributed by atoms with Gasteiger partial charge in [0.1, 0.15) is 11.6 Å². The highest BCUT2D eigenvalue weighted by molar-refractivity contribution is 5.80. The van der Waals surface area contributed by atoms with Gasteiger partial charge >= 0.3 is 0 Å². The zero-order valence-corrected chi connectivity index (χ0v) is 9.78. The Bertz CT molecular complexity index is 371. The van der Waals surface area contributed by atoms with Gasteiger partial charge in [-0.25, -0.2) is 4.39 Å². The first-order chi connectivity index (χ1) is 8.13. The summed E-state index contributed by atoms with van der Waals surface area (Å²) in [5.74, 6) is -0.285. The summed E-state index contributed by atoms with van der Waals surface area (Å²) < 4.78 is 18.2. The van der Waals surface area contributed by atoms with Gasteiger partial charge in [-0.3, -0.25) is 4.79 Å². The van der Waals surface area contributed by atoms with Crippen LogP contribution in [-0.2, 0) is 4.79 Å². The Morgan fingerprint density at radius 2 is 2.35 bits per heavy atom. The van der Waals surface area contributed by atoms with Gasteiger partial charge < -0.3 is 15.8 Å². The average molecular weight is 240 g/mol. The first-order valence-electron chi connectivity index (χ1n) is 5.53. The van der Waals surface area contributed by atoms with Crippen LogP contribution in [0.15, 0.2) is 24.3 Å². The second kappa shape index (κ2) is 6.85. The standard InChI is InChI=1S/C12H17FN2O2/c1-9(12(16)15-7-3-6-14)17-11-5-2-4-10(13)8-11/h2,4-5,8-9H,3,6-7,14H2,1H3,(H,15,16). The largest absolute Gasteiger partial charge is 0.481 e. The number of carbonyl (C=O) groups is 1. The molecule has 0 bridgehead atoms. The summed E-state index contributed by atoms with van der Waals surface area (Å²) in [6.07, 6.45) is 0.0629. The Kier molecular flexibility index (Phi) is 5.42. The molecule has 0 saturated heterocycles. The van der Waals surface area contributed by atoms with E-state index in [0.717, 1.165) is 6.42 Å². The van der Waals surface area contributed by atoms with Gasteiger partial charge in [-0.15, -0.1) is 0 Å². The van der Waals surface area contributed by atoms with E-state index in [1.807, 2.05) is 0 Å². The minimum Gasteiger partial charge on any atom is -0.481 e. The molecular formula is C12H17FN2O2. The zero-order chi connectivity index (χ0) is 12.7. The molecule has 1 aromatic carbocycles. The first-order valence-corrected chi connectivity index (χ1v) is 5.53. The van der Waals surface area contributed by atoms with Crippen molar-refractivity contribution in [2.75, 3.05) is 13.1 Å². The van der Waals surface area contributed by atoms with Gasteiger partial charge in [0, 0.05) is 12.6 Å². The fraction of sp³-hybridized carbons (Fsp3) is 0.417. The molecule has 0 saturated carbocycles. The van der Waals surface area contributed by atoms with Gasteiger partial charge in [0.05, 0.1) is 0 Å². The van der Waals surface area contributed by atoms with Crippen LogP contribution in [-0.4, -0.2) is 25.1 Å². The molecule has 3 N–H and O–H groups in total. The van der Waals surface area contributed by atoms with Gasteiger partial charge in [-0.1, -0.05) is 6.07 Å². The van der Waals surface area contributed by atoms with Gasteiger partial charge in [0.2, 0.25) is 0 Å². The molecule has 4 nitrogen and oxygen atoms in total. The van der Waals surface area contributed by atoms with Crippen molar-refractivity contribution in [1.29, 1.82) is 0 Å². The highest BCUT2D eigenvalue weighted by Gasteiger charge is 2.13. The molecule has 1 atom stereocenters. The third kappa shape index (κ3) is 4.82. The first kappa shape index (κ1) is 13.4. The predicted molar refractivity (Wildman–Crippen MR) is 63.2 cm³/mol. The van der Waals surface area contributed by atoms with E-state index in [-0.39, 0.29) is 5.91 Å². The van der Waals surface area contributed by atoms with Gasteiger partial charge in [-0.2, -0.15) is 0 Å². The number of nitrogens with two attached hydrogens (primary N) is 1. The van der Waals surface area contributed by atoms with E-state index in [0.29, 0.717) is 18.8 Å². The normalized spacial score (nSPS) is 11.9. The molecule has 1 rings (SSSR count). The SMILES string of the molecule is CC(Oc1cccc(F)c1)C(=O)NCCCN. The Morgan fingerprint density at radius 1 is 1.59 bits per heavy atom. The van der Waals surface area contributed by atoms with Crippen LogP contribution in [0.5, 0.6) is 5.75 Å². The summed E-state index contributed by atoms with van der Waals surface area (Å²) in [6.45, 7) is 2.66. The van der Waals surface area contributed by atoms with Gasteiger partial charge in [-0.05, 0) is 32.0 Å². The molecule has 0 aliphatic heterocycles. The third-order valence-corrected chi connectivity index (χ3v) is 2.16. The number of benzene rings is 1. The average Bonchev–Trinajstić information content (AvgIpc) is 2.29. The number of halogens is 1. The molecule has 0 aliphatic rings. The summed E-state index contributed by atoms with van der Waals surface area (Å²) in [5, 5.41) is 2.68. The van der Waals surface area contributed by atoms with Crippen molar-refractivity contribution in [3.8, 4) is 5.75 Å². The van der Waals surface area contributed by atoms with E-state index < -0.39 is 11.9 Å². The summed E-state index contributed by atoms with van der Waals surface area (Å²) in [7, 11) is 0. The highest BCUT2D eigenvalue weighted by atomic mass is 19.1. The number of amides is 1. The van der Waals surface area contributed by atoms with Crippen LogP contribution in [0.2, 0.25) is 0 Å². The summed E-state index contributed by atoms with van der Waals surface area (Å²) in [6, 6.07) is 5.69. The molecule has 1 amide bonds. The molecule has 94 valence electrons. The third-order valence-electron chi connectivity index (χ3n) is 2.16. The molecular weight excluding hydrogens is 223 g/mol. The molecule has 17 heavy (non-hydrogen) atoms. The lowest BCUT2D eigenvalue weighted by atomic mass is 10.3. The maximum atomic E-state index is 12.9. The van der Waals surface area contributed by atoms with Crippen LogP contribution in [0.4, 0.5) is 4.39 Å². The van der Waals surface area contributed by atoms with Crippen LogP contribution in [0.25, 0.3) is 0 Å². The van der Waals surface area contributed by atoms with E-state index >= 15 is 0 Å². The van der Waals surface area contributed by atoms with E-state index in [4.69, 9.17) is 10.5 Å². The fourth-order valence-corrected chi connectivity index (χ4v) is 1.26. The quantitative estimate of drug-likeness (QED) is 0.731. The monoisotopic (exact) mass is 240 g/mol. The van der Waals surface area contributed by atoms with E-state index in [1.54, 1.807) is 13.0 Å². The summed E-state index contributed by atoms with van der Waals surface area (Å²) in [4.78, 5) is 11.5. The molecule has 0 spiro atoms. The number of carbonyl (C=O) groups excluding carboxylic acids is 1. The van der Waals surface area contributed by atoms with E-state index in [1.165, 1.54) is 18.2 Å². The molecule has 5 heteroatoms. The van der Waals surface area contributed by atoms with Crippen LogP contribution in [0.1, 0.15) is 13.3 Å². The minimum absolute atomic E-state index is 0.234. The molecule has 1 unspecified atom stereocenters. The Hall–Kier alpha value is -1.62. The summed E-state index contributed by atoms with van der Waals surface area (Å²) in [5.41, 5.74) is 5.31. The van der Waals surface area contributed by atoms with Crippen LogP contribution in [0, 0.1) is 5.82 Å². The zero-order valence-electron chi connectivity index (χ0n) is 9.78. The maximum absolute atomic E-state index is 12.9. The van der Waals surface area contributed by atoms with Crippen molar-refractivity contribution in [3.05, 3.63) is 30.1 Å². The maximum Gasteiger partial charge on any atom is 0.260 e. The lowest BCUT2D eigenvalue weighted by molar-refractivity contribution is -0.127. The Morgan fingerprint density at radius 3 is 3.00 bits per heavy atom. The van der Waals surface area contributed by atoms with Crippen molar-refractivity contribution in [1.82, 2.24) is 5.32 Å². The highest BCUT2D eigenvalue weighted by Crippen LogP contribution is 2.13. The van der Waals surface area contributed by atoms with Gasteiger partial charge in [0.25, 0.3) is 5.91 Å². The van der Waals surface area contributed by atoms with Crippen LogP contribution >= 0.6 is 0 Å². The lowest BCUT2D eigenvalue weighted by Gasteiger charge is -2.14. The molecule has 0 heterocycles. The predicted octanol–water partition coefficient (Wildman–Crippen LogP) is 1.06. The Balaban J connectivity index is 2.43. The summed E-state index contributed by atoms with van der Waals surface area (Å²) >= 11 is 0. The molecule has 0 radical (unpaired) electrons. The number of hydrogen-bond acceptors (Lipinski definition) is 3. The number of nitrogens with one attached hydrogen (secondary N) is 1. The van der Waals surface area contributed by atoms with Crippen LogP contribution < -0.4 is 15.8 Å². The topological polar surface area (TPSA) is 64.3 Å². The van der Waals surface area contributed by atoms with E-state index in [2.05, 4.69) is 5.32 Å². The van der Waals surface area contributed by atoms with Gasteiger partial charge in [0.15, 0.2) is 6.10 Å². The molecule has 0 aromatic heterocycles. The van der Waals surface area contributed by atoms with Crippen molar-refractivity contribution < 1.29 is 13.9 Å². The number of rotatable bonds is 6. The molecule has 0 fully saturated rings. The molecule has 0 aliphatic carbocycles. The van der Waals surface area contributed by atoms with Crippen molar-refractivity contribution in [2.24, 2.45) is 5.73 Å². The smallest absolute Gasteiger partial charge is 0.260 e. The van der Waals surface area contributed by atoms with E-state index in [9.17, 15) is 9.18 Å². The minimum atomic E-state index is -0.658. The fourth-order valence-electron chi connectivity index (χ4n) is 1.26. The number of ether oxygens (including phenoxy) is 1. The lowest BCUT2D eigenvalue weighted by Crippen LogP contribution is -2.37. The number of hydrogen-bond donors (Lipinski definition) is 2. The second-order valence-electron chi connectivity index (χ2n) is 3.65.